The number of rotatable bonds is 49. The Labute approximate surface area is 390 Å². The Morgan fingerprint density at radius 3 is 0.984 bits per heavy atom. The number of allylic oxidation sites excluding steroid dienone is 8. The summed E-state index contributed by atoms with van der Waals surface area (Å²) in [5, 5.41) is 0. The van der Waals surface area contributed by atoms with Crippen molar-refractivity contribution in [2.75, 3.05) is 13.2 Å². The summed E-state index contributed by atoms with van der Waals surface area (Å²) in [7, 11) is 0. The third kappa shape index (κ3) is 50.2. The largest absolute Gasteiger partial charge is 0.462 e. The molecule has 6 heteroatoms. The van der Waals surface area contributed by atoms with E-state index in [9.17, 15) is 14.4 Å². The van der Waals surface area contributed by atoms with Gasteiger partial charge in [0.05, 0.1) is 0 Å². The Hall–Kier alpha value is -2.63. The van der Waals surface area contributed by atoms with Crippen LogP contribution in [0.4, 0.5) is 0 Å². The van der Waals surface area contributed by atoms with Crippen LogP contribution in [-0.4, -0.2) is 37.2 Å². The lowest BCUT2D eigenvalue weighted by atomic mass is 10.0. The molecule has 0 spiro atoms. The lowest BCUT2D eigenvalue weighted by Crippen LogP contribution is -2.30. The summed E-state index contributed by atoms with van der Waals surface area (Å²) in [6, 6.07) is 0. The zero-order valence-corrected chi connectivity index (χ0v) is 41.8. The van der Waals surface area contributed by atoms with E-state index in [2.05, 4.69) is 69.4 Å². The lowest BCUT2D eigenvalue weighted by molar-refractivity contribution is -0.167. The van der Waals surface area contributed by atoms with Crippen molar-refractivity contribution in [2.45, 2.75) is 284 Å². The highest BCUT2D eigenvalue weighted by molar-refractivity contribution is 5.71. The quantitative estimate of drug-likeness (QED) is 0.0262. The Bertz CT molecular complexity index is 1110. The van der Waals surface area contributed by atoms with Crippen molar-refractivity contribution >= 4 is 17.9 Å². The van der Waals surface area contributed by atoms with Crippen molar-refractivity contribution < 1.29 is 28.6 Å². The van der Waals surface area contributed by atoms with Crippen LogP contribution in [0.3, 0.4) is 0 Å². The van der Waals surface area contributed by atoms with Crippen molar-refractivity contribution in [3.63, 3.8) is 0 Å². The molecule has 0 saturated carbocycles. The van der Waals surface area contributed by atoms with Gasteiger partial charge in [0.2, 0.25) is 0 Å². The van der Waals surface area contributed by atoms with Gasteiger partial charge in [-0.1, -0.05) is 230 Å². The first-order chi connectivity index (χ1) is 31.0. The van der Waals surface area contributed by atoms with E-state index in [0.717, 1.165) is 103 Å². The van der Waals surface area contributed by atoms with Crippen molar-refractivity contribution in [1.29, 1.82) is 0 Å². The van der Waals surface area contributed by atoms with Gasteiger partial charge in [-0.25, -0.2) is 0 Å². The fourth-order valence-corrected chi connectivity index (χ4v) is 7.75. The minimum atomic E-state index is -0.780. The zero-order valence-electron chi connectivity index (χ0n) is 41.8. The molecule has 6 nitrogen and oxygen atoms in total. The minimum absolute atomic E-state index is 0.0805. The topological polar surface area (TPSA) is 78.9 Å². The van der Waals surface area contributed by atoms with Crippen LogP contribution in [0.2, 0.25) is 0 Å². The second-order valence-corrected chi connectivity index (χ2v) is 18.1. The Kier molecular flexibility index (Phi) is 49.8. The minimum Gasteiger partial charge on any atom is -0.462 e. The Morgan fingerprint density at radius 1 is 0.333 bits per heavy atom. The highest BCUT2D eigenvalue weighted by Gasteiger charge is 2.19. The molecule has 0 aromatic rings. The van der Waals surface area contributed by atoms with E-state index in [0.29, 0.717) is 19.3 Å². The molecule has 0 amide bonds. The number of ether oxygens (including phenoxy) is 3. The van der Waals surface area contributed by atoms with Crippen molar-refractivity contribution in [2.24, 2.45) is 0 Å². The standard InChI is InChI=1S/C57H102O6/c1-4-7-10-13-16-19-22-25-28-31-34-37-40-43-46-49-55(58)61-52-54(63-57(60)51-48-45-42-39-36-33-30-27-24-21-18-15-12-9-6-3)53-62-56(59)50-47-44-41-38-35-32-29-26-23-20-17-14-11-8-5-2/h7,10,16,19,25-26,28-29,54H,4-6,8-9,11-15,17-18,20-24,27,30-53H2,1-3H3/t54-/m0/s1. The summed E-state index contributed by atoms with van der Waals surface area (Å²) in [4.78, 5) is 38.0. The number of carbonyl (C=O) groups is 3. The first-order valence-corrected chi connectivity index (χ1v) is 27.1. The zero-order chi connectivity index (χ0) is 45.8. The maximum atomic E-state index is 12.8. The molecule has 0 fully saturated rings. The Morgan fingerprint density at radius 2 is 0.619 bits per heavy atom. The SMILES string of the molecule is CCC=CCC=CCC=CCCCCCCCC(=O)OC[C@@H](COC(=O)CCCCCCCC=CCCCCCCCC)OC(=O)CCCCCCCCCCCCCCCCC. The molecule has 0 radical (unpaired) electrons. The predicted octanol–water partition coefficient (Wildman–Crippen LogP) is 17.9. The molecule has 1 atom stereocenters. The number of hydrogen-bond donors (Lipinski definition) is 0. The van der Waals surface area contributed by atoms with Crippen molar-refractivity contribution in [3.8, 4) is 0 Å². The van der Waals surface area contributed by atoms with Gasteiger partial charge < -0.3 is 14.2 Å². The second kappa shape index (κ2) is 52.0. The molecule has 0 aliphatic carbocycles. The van der Waals surface area contributed by atoms with Crippen LogP contribution in [0.25, 0.3) is 0 Å². The van der Waals surface area contributed by atoms with Gasteiger partial charge in [-0.15, -0.1) is 0 Å². The molecule has 63 heavy (non-hydrogen) atoms. The third-order valence-corrected chi connectivity index (χ3v) is 11.8. The van der Waals surface area contributed by atoms with Gasteiger partial charge in [-0.05, 0) is 77.0 Å². The van der Waals surface area contributed by atoms with Crippen LogP contribution in [0.5, 0.6) is 0 Å². The molecule has 0 aliphatic rings. The first-order valence-electron chi connectivity index (χ1n) is 27.1. The average molecular weight is 883 g/mol. The van der Waals surface area contributed by atoms with Crippen LogP contribution >= 0.6 is 0 Å². The summed E-state index contributed by atoms with van der Waals surface area (Å²) in [5.74, 6) is -0.894. The predicted molar refractivity (Wildman–Crippen MR) is 270 cm³/mol. The number of unbranched alkanes of at least 4 members (excludes halogenated alkanes) is 30. The lowest BCUT2D eigenvalue weighted by Gasteiger charge is -2.18. The maximum absolute atomic E-state index is 12.8. The number of hydrogen-bond acceptors (Lipinski definition) is 6. The number of esters is 3. The summed E-state index contributed by atoms with van der Waals surface area (Å²) in [5.41, 5.74) is 0. The van der Waals surface area contributed by atoms with E-state index in [1.165, 1.54) is 135 Å². The van der Waals surface area contributed by atoms with Gasteiger partial charge in [0.15, 0.2) is 6.10 Å². The monoisotopic (exact) mass is 883 g/mol. The van der Waals surface area contributed by atoms with Gasteiger partial charge in [0.1, 0.15) is 13.2 Å². The molecule has 0 unspecified atom stereocenters. The van der Waals surface area contributed by atoms with Crippen LogP contribution in [0.1, 0.15) is 278 Å². The molecule has 0 aromatic heterocycles. The van der Waals surface area contributed by atoms with Crippen LogP contribution < -0.4 is 0 Å². The van der Waals surface area contributed by atoms with Crippen molar-refractivity contribution in [3.05, 3.63) is 48.6 Å². The summed E-state index contributed by atoms with van der Waals surface area (Å²) < 4.78 is 16.8. The van der Waals surface area contributed by atoms with Crippen LogP contribution in [-0.2, 0) is 28.6 Å². The molecule has 366 valence electrons. The molecule has 0 aliphatic heterocycles. The Balaban J connectivity index is 4.39. The first kappa shape index (κ1) is 60.4. The highest BCUT2D eigenvalue weighted by atomic mass is 16.6. The van der Waals surface area contributed by atoms with E-state index in [1.807, 2.05) is 0 Å². The van der Waals surface area contributed by atoms with Gasteiger partial charge in [0, 0.05) is 19.3 Å². The van der Waals surface area contributed by atoms with E-state index in [4.69, 9.17) is 14.2 Å². The molecular weight excluding hydrogens is 781 g/mol. The molecule has 0 bridgehead atoms. The van der Waals surface area contributed by atoms with Crippen LogP contribution in [0, 0.1) is 0 Å². The number of carbonyl (C=O) groups excluding carboxylic acids is 3. The van der Waals surface area contributed by atoms with Crippen LogP contribution in [0.15, 0.2) is 48.6 Å². The third-order valence-electron chi connectivity index (χ3n) is 11.8. The van der Waals surface area contributed by atoms with Gasteiger partial charge in [-0.3, -0.25) is 14.4 Å². The summed E-state index contributed by atoms with van der Waals surface area (Å²) >= 11 is 0. The molecule has 0 heterocycles. The summed E-state index contributed by atoms with van der Waals surface area (Å²) in [6.07, 6.45) is 62.3. The molecular formula is C57H102O6. The maximum Gasteiger partial charge on any atom is 0.306 e. The van der Waals surface area contributed by atoms with Gasteiger partial charge >= 0.3 is 17.9 Å². The van der Waals surface area contributed by atoms with E-state index < -0.39 is 6.10 Å². The highest BCUT2D eigenvalue weighted by Crippen LogP contribution is 2.16. The molecule has 0 saturated heterocycles. The fraction of sp³-hybridized carbons (Fsp3) is 0.807. The molecule has 0 rings (SSSR count). The molecule has 0 N–H and O–H groups in total. The van der Waals surface area contributed by atoms with E-state index in [1.54, 1.807) is 0 Å². The fourth-order valence-electron chi connectivity index (χ4n) is 7.75. The molecule has 0 aromatic carbocycles. The van der Waals surface area contributed by atoms with E-state index >= 15 is 0 Å². The van der Waals surface area contributed by atoms with E-state index in [-0.39, 0.29) is 31.1 Å². The summed E-state index contributed by atoms with van der Waals surface area (Å²) in [6.45, 7) is 6.52. The normalized spacial score (nSPS) is 12.4. The average Bonchev–Trinajstić information content (AvgIpc) is 3.28. The smallest absolute Gasteiger partial charge is 0.306 e. The second-order valence-electron chi connectivity index (χ2n) is 18.1. The van der Waals surface area contributed by atoms with Gasteiger partial charge in [-0.2, -0.15) is 0 Å². The van der Waals surface area contributed by atoms with Gasteiger partial charge in [0.25, 0.3) is 0 Å². The van der Waals surface area contributed by atoms with Crippen molar-refractivity contribution in [1.82, 2.24) is 0 Å².